The summed E-state index contributed by atoms with van der Waals surface area (Å²) in [6.45, 7) is 9.36. The third-order valence-electron chi connectivity index (χ3n) is 1.94. The molecule has 0 amide bonds. The van der Waals surface area contributed by atoms with E-state index in [4.69, 9.17) is 0 Å². The van der Waals surface area contributed by atoms with Gasteiger partial charge in [0.1, 0.15) is 0 Å². The van der Waals surface area contributed by atoms with Crippen molar-refractivity contribution in [3.63, 3.8) is 0 Å². The molecule has 0 N–H and O–H groups in total. The van der Waals surface area contributed by atoms with E-state index in [0.717, 1.165) is 24.1 Å². The summed E-state index contributed by atoms with van der Waals surface area (Å²) < 4.78 is 0. The van der Waals surface area contributed by atoms with Gasteiger partial charge in [-0.3, -0.25) is 4.99 Å². The highest BCUT2D eigenvalue weighted by Crippen LogP contribution is 2.25. The van der Waals surface area contributed by atoms with E-state index in [1.54, 1.807) is 0 Å². The van der Waals surface area contributed by atoms with E-state index >= 15 is 0 Å². The molecule has 1 aliphatic rings. The fraction of sp³-hybridized carbons (Fsp3) is 0.300. The molecule has 0 aromatic heterocycles. The van der Waals surface area contributed by atoms with Gasteiger partial charge in [0, 0.05) is 0 Å². The van der Waals surface area contributed by atoms with E-state index in [-0.39, 0.29) is 0 Å². The predicted octanol–water partition coefficient (Wildman–Crippen LogP) is 2.87. The second-order valence-electron chi connectivity index (χ2n) is 2.69. The van der Waals surface area contributed by atoms with Crippen LogP contribution in [0.1, 0.15) is 19.8 Å². The van der Waals surface area contributed by atoms with Crippen molar-refractivity contribution < 1.29 is 0 Å². The Morgan fingerprint density at radius 2 is 2.36 bits per heavy atom. The van der Waals surface area contributed by atoms with Crippen molar-refractivity contribution in [2.75, 3.05) is 0 Å². The molecule has 0 radical (unpaired) electrons. The predicted molar refractivity (Wildman–Crippen MR) is 49.8 cm³/mol. The molecular formula is C10H13N. The number of rotatable bonds is 2. The van der Waals surface area contributed by atoms with Crippen LogP contribution in [0.2, 0.25) is 0 Å². The fourth-order valence-electron chi connectivity index (χ4n) is 1.31. The summed E-state index contributed by atoms with van der Waals surface area (Å²) in [6.07, 6.45) is 6.20. The molecule has 58 valence electrons. The molecule has 1 rings (SSSR count). The van der Waals surface area contributed by atoms with Crippen LogP contribution in [0.3, 0.4) is 0 Å². The molecule has 0 aromatic rings. The van der Waals surface area contributed by atoms with Crippen molar-refractivity contribution in [1.82, 2.24) is 0 Å². The first kappa shape index (κ1) is 7.99. The van der Waals surface area contributed by atoms with Crippen LogP contribution in [0.25, 0.3) is 0 Å². The Labute approximate surface area is 67.8 Å². The number of hydrogen-bond donors (Lipinski definition) is 0. The van der Waals surface area contributed by atoms with E-state index in [9.17, 15) is 0 Å². The Morgan fingerprint density at radius 1 is 1.64 bits per heavy atom. The Balaban J connectivity index is 3.04. The first-order chi connectivity index (χ1) is 5.29. The van der Waals surface area contributed by atoms with Gasteiger partial charge >= 0.3 is 0 Å². The highest BCUT2D eigenvalue weighted by Gasteiger charge is 2.07. The van der Waals surface area contributed by atoms with Gasteiger partial charge in [0.15, 0.2) is 0 Å². The SMILES string of the molecule is C=CC1=CCCC(C)=C1N=C. The normalized spacial score (nSPS) is 17.7. The summed E-state index contributed by atoms with van der Waals surface area (Å²) in [6, 6.07) is 0. The monoisotopic (exact) mass is 147 g/mol. The number of aliphatic imine (C=N–C) groups is 1. The van der Waals surface area contributed by atoms with Crippen LogP contribution in [0, 0.1) is 0 Å². The maximum atomic E-state index is 3.97. The minimum atomic E-state index is 1.02. The molecule has 0 spiro atoms. The molecule has 0 fully saturated rings. The van der Waals surface area contributed by atoms with Crippen LogP contribution in [-0.2, 0) is 0 Å². The zero-order valence-electron chi connectivity index (χ0n) is 6.93. The highest BCUT2D eigenvalue weighted by atomic mass is 14.7. The lowest BCUT2D eigenvalue weighted by Gasteiger charge is -2.12. The Morgan fingerprint density at radius 3 is 2.82 bits per heavy atom. The molecule has 0 unspecified atom stereocenters. The molecule has 0 aliphatic heterocycles. The van der Waals surface area contributed by atoms with Crippen molar-refractivity contribution in [1.29, 1.82) is 0 Å². The van der Waals surface area contributed by atoms with Gasteiger partial charge in [0.05, 0.1) is 5.70 Å². The van der Waals surface area contributed by atoms with E-state index in [1.807, 2.05) is 6.08 Å². The molecule has 11 heavy (non-hydrogen) atoms. The van der Waals surface area contributed by atoms with Crippen LogP contribution >= 0.6 is 0 Å². The average molecular weight is 147 g/mol. The lowest BCUT2D eigenvalue weighted by molar-refractivity contribution is 0.922. The van der Waals surface area contributed by atoms with Crippen LogP contribution in [0.5, 0.6) is 0 Å². The fourth-order valence-corrected chi connectivity index (χ4v) is 1.31. The molecule has 1 aliphatic carbocycles. The van der Waals surface area contributed by atoms with Crippen molar-refractivity contribution in [3.8, 4) is 0 Å². The van der Waals surface area contributed by atoms with Gasteiger partial charge in [-0.15, -0.1) is 0 Å². The summed E-state index contributed by atoms with van der Waals surface area (Å²) >= 11 is 0. The second-order valence-corrected chi connectivity index (χ2v) is 2.69. The van der Waals surface area contributed by atoms with Crippen molar-refractivity contribution in [3.05, 3.63) is 35.6 Å². The van der Waals surface area contributed by atoms with Gasteiger partial charge in [-0.25, -0.2) is 0 Å². The maximum absolute atomic E-state index is 3.97. The highest BCUT2D eigenvalue weighted by molar-refractivity contribution is 5.47. The summed E-state index contributed by atoms with van der Waals surface area (Å²) in [5.74, 6) is 0. The third kappa shape index (κ3) is 1.48. The minimum Gasteiger partial charge on any atom is -0.264 e. The summed E-state index contributed by atoms with van der Waals surface area (Å²) in [4.78, 5) is 3.97. The van der Waals surface area contributed by atoms with Gasteiger partial charge in [-0.05, 0) is 37.6 Å². The molecule has 0 saturated carbocycles. The molecule has 0 aromatic carbocycles. The lowest BCUT2D eigenvalue weighted by Crippen LogP contribution is -1.94. The zero-order chi connectivity index (χ0) is 8.27. The minimum absolute atomic E-state index is 1.02. The van der Waals surface area contributed by atoms with Crippen molar-refractivity contribution >= 4 is 6.72 Å². The first-order valence-corrected chi connectivity index (χ1v) is 3.79. The molecule has 0 saturated heterocycles. The number of nitrogens with zero attached hydrogens (tertiary/aromatic N) is 1. The summed E-state index contributed by atoms with van der Waals surface area (Å²) in [5.41, 5.74) is 3.47. The second kappa shape index (κ2) is 3.33. The summed E-state index contributed by atoms with van der Waals surface area (Å²) in [7, 11) is 0. The molecular weight excluding hydrogens is 134 g/mol. The van der Waals surface area contributed by atoms with Gasteiger partial charge in [0.25, 0.3) is 0 Å². The zero-order valence-corrected chi connectivity index (χ0v) is 6.93. The van der Waals surface area contributed by atoms with E-state index in [1.165, 1.54) is 5.57 Å². The Kier molecular flexibility index (Phi) is 2.42. The van der Waals surface area contributed by atoms with Gasteiger partial charge in [0.2, 0.25) is 0 Å². The first-order valence-electron chi connectivity index (χ1n) is 3.79. The Bertz CT molecular complexity index is 244. The van der Waals surface area contributed by atoms with Crippen LogP contribution in [-0.4, -0.2) is 6.72 Å². The van der Waals surface area contributed by atoms with Crippen molar-refractivity contribution in [2.45, 2.75) is 19.8 Å². The van der Waals surface area contributed by atoms with E-state index < -0.39 is 0 Å². The lowest BCUT2D eigenvalue weighted by atomic mass is 9.97. The van der Waals surface area contributed by atoms with Crippen LogP contribution in [0.15, 0.2) is 40.6 Å². The quantitative estimate of drug-likeness (QED) is 0.532. The molecule has 1 heteroatoms. The molecule has 0 bridgehead atoms. The van der Waals surface area contributed by atoms with Gasteiger partial charge in [-0.2, -0.15) is 0 Å². The number of hydrogen-bond acceptors (Lipinski definition) is 1. The maximum Gasteiger partial charge on any atom is 0.0680 e. The van der Waals surface area contributed by atoms with Gasteiger partial charge in [-0.1, -0.05) is 18.7 Å². The number of allylic oxidation sites excluding steroid dienone is 3. The molecule has 1 nitrogen and oxygen atoms in total. The smallest absolute Gasteiger partial charge is 0.0680 e. The molecule has 0 heterocycles. The Hall–Kier alpha value is -1.11. The molecule has 0 atom stereocenters. The van der Waals surface area contributed by atoms with Crippen molar-refractivity contribution in [2.24, 2.45) is 4.99 Å². The standard InChI is InChI=1S/C10H13N/c1-4-9-7-5-6-8(2)10(9)11-3/h4,7H,1,3,5-6H2,2H3. The third-order valence-corrected chi connectivity index (χ3v) is 1.94. The average Bonchev–Trinajstić information content (AvgIpc) is 2.04. The van der Waals surface area contributed by atoms with Crippen LogP contribution in [0.4, 0.5) is 0 Å². The van der Waals surface area contributed by atoms with E-state index in [0.29, 0.717) is 0 Å². The topological polar surface area (TPSA) is 12.4 Å². The van der Waals surface area contributed by atoms with Crippen LogP contribution < -0.4 is 0 Å². The van der Waals surface area contributed by atoms with Gasteiger partial charge < -0.3 is 0 Å². The summed E-state index contributed by atoms with van der Waals surface area (Å²) in [5, 5.41) is 0. The van der Waals surface area contributed by atoms with E-state index in [2.05, 4.69) is 31.3 Å². The largest absolute Gasteiger partial charge is 0.264 e.